The molecule has 4 rings (SSSR count). The number of nitrogens with one attached hydrogen (secondary N) is 1. The van der Waals surface area contributed by atoms with Crippen LogP contribution in [0, 0.1) is 11.3 Å². The molecule has 1 aliphatic rings. The van der Waals surface area contributed by atoms with Crippen LogP contribution < -0.4 is 5.32 Å². The van der Waals surface area contributed by atoms with Crippen molar-refractivity contribution in [2.45, 2.75) is 32.0 Å². The third-order valence-corrected chi connectivity index (χ3v) is 6.18. The topological polar surface area (TPSA) is 76.4 Å². The van der Waals surface area contributed by atoms with Crippen LogP contribution >= 0.6 is 11.3 Å². The first-order valence-electron chi connectivity index (χ1n) is 10.5. The monoisotopic (exact) mass is 444 g/mol. The summed E-state index contributed by atoms with van der Waals surface area (Å²) in [6.45, 7) is 1.04. The molecule has 0 saturated heterocycles. The normalized spacial score (nSPS) is 12.6. The fraction of sp³-hybridized carbons (Fsp3) is 0.240. The summed E-state index contributed by atoms with van der Waals surface area (Å²) in [5.41, 5.74) is 2.19. The number of carbonyl (C=O) groups is 2. The smallest absolute Gasteiger partial charge is 0.322 e. The van der Waals surface area contributed by atoms with Crippen molar-refractivity contribution in [3.63, 3.8) is 0 Å². The van der Waals surface area contributed by atoms with E-state index >= 15 is 0 Å². The molecule has 1 aromatic heterocycles. The van der Waals surface area contributed by atoms with Gasteiger partial charge in [-0.15, -0.1) is 11.3 Å². The van der Waals surface area contributed by atoms with Gasteiger partial charge in [-0.1, -0.05) is 36.4 Å². The SMILES string of the molecule is N#Cc1ccc(NC(=O)N(CC(=O)N(Cc2ccccc2)Cc2cccs2)C2CC2)cc1. The zero-order valence-electron chi connectivity index (χ0n) is 17.6. The first kappa shape index (κ1) is 21.6. The van der Waals surface area contributed by atoms with Crippen LogP contribution in [0.15, 0.2) is 72.1 Å². The van der Waals surface area contributed by atoms with Gasteiger partial charge in [-0.25, -0.2) is 4.79 Å². The molecule has 6 nitrogen and oxygen atoms in total. The first-order chi connectivity index (χ1) is 15.6. The minimum Gasteiger partial charge on any atom is -0.332 e. The molecule has 0 aliphatic heterocycles. The molecular weight excluding hydrogens is 420 g/mol. The molecule has 0 bridgehead atoms. The van der Waals surface area contributed by atoms with Gasteiger partial charge in [0.15, 0.2) is 0 Å². The minimum atomic E-state index is -0.290. The highest BCUT2D eigenvalue weighted by molar-refractivity contribution is 7.09. The van der Waals surface area contributed by atoms with E-state index in [9.17, 15) is 9.59 Å². The van der Waals surface area contributed by atoms with E-state index < -0.39 is 0 Å². The largest absolute Gasteiger partial charge is 0.332 e. The van der Waals surface area contributed by atoms with E-state index in [4.69, 9.17) is 5.26 Å². The van der Waals surface area contributed by atoms with Gasteiger partial charge < -0.3 is 15.1 Å². The second kappa shape index (κ2) is 10.1. The lowest BCUT2D eigenvalue weighted by molar-refractivity contribution is -0.133. The van der Waals surface area contributed by atoms with Crippen LogP contribution in [0.4, 0.5) is 10.5 Å². The lowest BCUT2D eigenvalue weighted by Crippen LogP contribution is -2.45. The molecule has 1 aliphatic carbocycles. The van der Waals surface area contributed by atoms with Crippen molar-refractivity contribution in [2.75, 3.05) is 11.9 Å². The summed E-state index contributed by atoms with van der Waals surface area (Å²) < 4.78 is 0. The Bertz CT molecular complexity index is 1090. The van der Waals surface area contributed by atoms with E-state index in [0.29, 0.717) is 24.3 Å². The van der Waals surface area contributed by atoms with Crippen LogP contribution in [0.25, 0.3) is 0 Å². The molecule has 1 fully saturated rings. The molecule has 162 valence electrons. The fourth-order valence-electron chi connectivity index (χ4n) is 3.45. The standard InChI is InChI=1S/C25H24N4O2S/c26-15-19-8-10-21(11-9-19)27-25(31)29(22-12-13-22)18-24(30)28(17-23-7-4-14-32-23)16-20-5-2-1-3-6-20/h1-11,14,22H,12-13,16-18H2,(H,27,31). The predicted octanol–water partition coefficient (Wildman–Crippen LogP) is 4.85. The average Bonchev–Trinajstić information content (AvgIpc) is 3.53. The van der Waals surface area contributed by atoms with Gasteiger partial charge in [0.2, 0.25) is 5.91 Å². The van der Waals surface area contributed by atoms with Crippen LogP contribution in [0.3, 0.4) is 0 Å². The number of rotatable bonds is 8. The highest BCUT2D eigenvalue weighted by Gasteiger charge is 2.35. The van der Waals surface area contributed by atoms with Crippen molar-refractivity contribution in [3.05, 3.63) is 88.1 Å². The van der Waals surface area contributed by atoms with Gasteiger partial charge in [0.25, 0.3) is 0 Å². The van der Waals surface area contributed by atoms with Crippen molar-refractivity contribution >= 4 is 29.0 Å². The summed E-state index contributed by atoms with van der Waals surface area (Å²) in [7, 11) is 0. The second-order valence-electron chi connectivity index (χ2n) is 7.79. The van der Waals surface area contributed by atoms with E-state index in [1.165, 1.54) is 0 Å². The van der Waals surface area contributed by atoms with Gasteiger partial charge >= 0.3 is 6.03 Å². The highest BCUT2D eigenvalue weighted by Crippen LogP contribution is 2.28. The maximum absolute atomic E-state index is 13.3. The summed E-state index contributed by atoms with van der Waals surface area (Å²) in [4.78, 5) is 30.8. The van der Waals surface area contributed by atoms with E-state index in [1.807, 2.05) is 52.7 Å². The third kappa shape index (κ3) is 5.74. The number of urea groups is 1. The summed E-state index contributed by atoms with van der Waals surface area (Å²) >= 11 is 1.62. The fourth-order valence-corrected chi connectivity index (χ4v) is 4.17. The number of amides is 3. The van der Waals surface area contributed by atoms with Crippen LogP contribution in [0.2, 0.25) is 0 Å². The molecule has 3 aromatic rings. The van der Waals surface area contributed by atoms with E-state index in [2.05, 4.69) is 11.4 Å². The number of nitriles is 1. The number of thiophene rings is 1. The van der Waals surface area contributed by atoms with Crippen molar-refractivity contribution in [2.24, 2.45) is 0 Å². The predicted molar refractivity (Wildman–Crippen MR) is 125 cm³/mol. The lowest BCUT2D eigenvalue weighted by Gasteiger charge is -2.28. The molecule has 0 atom stereocenters. The van der Waals surface area contributed by atoms with Gasteiger partial charge in [0.1, 0.15) is 6.54 Å². The summed E-state index contributed by atoms with van der Waals surface area (Å²) in [5.74, 6) is -0.0795. The molecule has 0 unspecified atom stereocenters. The van der Waals surface area contributed by atoms with Gasteiger partial charge in [-0.2, -0.15) is 5.26 Å². The molecule has 7 heteroatoms. The number of hydrogen-bond donors (Lipinski definition) is 1. The molecular formula is C25H24N4O2S. The molecule has 0 radical (unpaired) electrons. The highest BCUT2D eigenvalue weighted by atomic mass is 32.1. The van der Waals surface area contributed by atoms with E-state index in [0.717, 1.165) is 23.3 Å². The molecule has 3 amide bonds. The Morgan fingerprint density at radius 1 is 1.00 bits per heavy atom. The third-order valence-electron chi connectivity index (χ3n) is 5.32. The second-order valence-corrected chi connectivity index (χ2v) is 8.83. The molecule has 1 heterocycles. The summed E-state index contributed by atoms with van der Waals surface area (Å²) in [6.07, 6.45) is 1.80. The molecule has 32 heavy (non-hydrogen) atoms. The maximum Gasteiger partial charge on any atom is 0.322 e. The lowest BCUT2D eigenvalue weighted by atomic mass is 10.2. The maximum atomic E-state index is 13.3. The van der Waals surface area contributed by atoms with Crippen molar-refractivity contribution in [1.82, 2.24) is 9.80 Å². The van der Waals surface area contributed by atoms with Gasteiger partial charge in [0.05, 0.1) is 18.2 Å². The van der Waals surface area contributed by atoms with Crippen LogP contribution in [0.5, 0.6) is 0 Å². The Kier molecular flexibility index (Phi) is 6.83. The first-order valence-corrected chi connectivity index (χ1v) is 11.4. The van der Waals surface area contributed by atoms with Crippen molar-refractivity contribution < 1.29 is 9.59 Å². The molecule has 1 N–H and O–H groups in total. The van der Waals surface area contributed by atoms with Gasteiger partial charge in [-0.3, -0.25) is 4.79 Å². The number of benzene rings is 2. The van der Waals surface area contributed by atoms with Crippen LogP contribution in [-0.2, 0) is 17.9 Å². The van der Waals surface area contributed by atoms with Gasteiger partial charge in [0, 0.05) is 23.2 Å². The quantitative estimate of drug-likeness (QED) is 0.540. The zero-order valence-corrected chi connectivity index (χ0v) is 18.4. The Labute approximate surface area is 191 Å². The molecule has 2 aromatic carbocycles. The number of nitrogens with zero attached hydrogens (tertiary/aromatic N) is 3. The molecule has 0 spiro atoms. The van der Waals surface area contributed by atoms with E-state index in [-0.39, 0.29) is 24.5 Å². The number of carbonyl (C=O) groups excluding carboxylic acids is 2. The Hall–Kier alpha value is -3.63. The van der Waals surface area contributed by atoms with E-state index in [1.54, 1.807) is 40.5 Å². The Morgan fingerprint density at radius 2 is 1.75 bits per heavy atom. The Balaban J connectivity index is 1.46. The summed E-state index contributed by atoms with van der Waals surface area (Å²) in [6, 6.07) is 22.5. The van der Waals surface area contributed by atoms with Gasteiger partial charge in [-0.05, 0) is 54.1 Å². The van der Waals surface area contributed by atoms with Crippen molar-refractivity contribution in [3.8, 4) is 6.07 Å². The zero-order chi connectivity index (χ0) is 22.3. The minimum absolute atomic E-state index is 0.0327. The summed E-state index contributed by atoms with van der Waals surface area (Å²) in [5, 5.41) is 13.8. The van der Waals surface area contributed by atoms with Crippen LogP contribution in [-0.4, -0.2) is 34.3 Å². The average molecular weight is 445 g/mol. The molecule has 1 saturated carbocycles. The van der Waals surface area contributed by atoms with Crippen molar-refractivity contribution in [1.29, 1.82) is 5.26 Å². The Morgan fingerprint density at radius 3 is 2.38 bits per heavy atom. The number of hydrogen-bond acceptors (Lipinski definition) is 4. The van der Waals surface area contributed by atoms with Crippen LogP contribution in [0.1, 0.15) is 28.8 Å². The number of anilines is 1.